The summed E-state index contributed by atoms with van der Waals surface area (Å²) in [5.41, 5.74) is 2.29. The maximum absolute atomic E-state index is 13.3. The molecule has 0 aromatic heterocycles. The molecule has 0 saturated heterocycles. The number of nitrogens with zero attached hydrogens (tertiary/aromatic N) is 2. The molecule has 1 amide bonds. The molecule has 0 bridgehead atoms. The first-order valence-electron chi connectivity index (χ1n) is 11.8. The highest BCUT2D eigenvalue weighted by Crippen LogP contribution is 2.28. The molecule has 8 heteroatoms. The lowest BCUT2D eigenvalue weighted by molar-refractivity contribution is -0.138. The molecule has 0 heterocycles. The Kier molecular flexibility index (Phi) is 9.79. The molecule has 0 aliphatic carbocycles. The molecular formula is C26H39N3O4S. The van der Waals surface area contributed by atoms with Gasteiger partial charge in [0.1, 0.15) is 5.75 Å². The summed E-state index contributed by atoms with van der Waals surface area (Å²) in [6.45, 7) is 8.63. The first-order chi connectivity index (χ1) is 16.1. The molecule has 1 atom stereocenters. The van der Waals surface area contributed by atoms with Crippen LogP contribution in [0.3, 0.4) is 0 Å². The van der Waals surface area contributed by atoms with Gasteiger partial charge in [-0.05, 0) is 74.2 Å². The van der Waals surface area contributed by atoms with Crippen LogP contribution in [0.25, 0.3) is 0 Å². The number of hydrogen-bond acceptors (Lipinski definition) is 5. The van der Waals surface area contributed by atoms with Crippen molar-refractivity contribution in [1.82, 2.24) is 4.90 Å². The van der Waals surface area contributed by atoms with Crippen LogP contribution < -0.4 is 14.4 Å². The van der Waals surface area contributed by atoms with E-state index in [9.17, 15) is 13.2 Å². The van der Waals surface area contributed by atoms with Gasteiger partial charge in [-0.25, -0.2) is 8.42 Å². The van der Waals surface area contributed by atoms with Gasteiger partial charge in [0.05, 0.1) is 12.0 Å². The summed E-state index contributed by atoms with van der Waals surface area (Å²) in [5, 5.41) is 0. The number of ether oxygens (including phenoxy) is 1. The highest BCUT2D eigenvalue weighted by molar-refractivity contribution is 7.92. The highest BCUT2D eigenvalue weighted by Gasteiger charge is 2.26. The average molecular weight is 490 g/mol. The van der Waals surface area contributed by atoms with Crippen molar-refractivity contribution in [3.63, 3.8) is 0 Å². The van der Waals surface area contributed by atoms with Crippen molar-refractivity contribution in [2.24, 2.45) is 5.92 Å². The number of sulfonamides is 1. The van der Waals surface area contributed by atoms with Crippen molar-refractivity contribution in [3.05, 3.63) is 48.0 Å². The summed E-state index contributed by atoms with van der Waals surface area (Å²) in [5.74, 6) is 0.714. The number of methoxy groups -OCH3 is 1. The van der Waals surface area contributed by atoms with Crippen LogP contribution in [0.15, 0.2) is 47.4 Å². The molecule has 0 radical (unpaired) electrons. The number of carbonyl (C=O) groups is 1. The van der Waals surface area contributed by atoms with Gasteiger partial charge in [0.2, 0.25) is 5.91 Å². The molecule has 1 N–H and O–H groups in total. The molecule has 2 rings (SSSR count). The van der Waals surface area contributed by atoms with E-state index in [1.807, 2.05) is 49.9 Å². The second-order valence-corrected chi connectivity index (χ2v) is 10.4. The summed E-state index contributed by atoms with van der Waals surface area (Å²) < 4.78 is 33.7. The van der Waals surface area contributed by atoms with Crippen LogP contribution in [-0.2, 0) is 21.4 Å². The van der Waals surface area contributed by atoms with E-state index in [2.05, 4.69) is 18.6 Å². The predicted octanol–water partition coefficient (Wildman–Crippen LogP) is 5.13. The first-order valence-corrected chi connectivity index (χ1v) is 13.3. The Morgan fingerprint density at radius 2 is 1.62 bits per heavy atom. The molecule has 0 aliphatic heterocycles. The fraction of sp³-hybridized carbons (Fsp3) is 0.500. The molecular weight excluding hydrogens is 450 g/mol. The molecule has 0 spiro atoms. The maximum atomic E-state index is 13.3. The molecule has 2 aromatic rings. The monoisotopic (exact) mass is 489 g/mol. The van der Waals surface area contributed by atoms with Crippen LogP contribution in [-0.4, -0.2) is 46.5 Å². The Labute approximate surface area is 205 Å². The van der Waals surface area contributed by atoms with Crippen LogP contribution in [0.5, 0.6) is 5.75 Å². The van der Waals surface area contributed by atoms with E-state index in [1.165, 1.54) is 19.2 Å². The van der Waals surface area contributed by atoms with E-state index in [4.69, 9.17) is 4.74 Å². The van der Waals surface area contributed by atoms with Gasteiger partial charge in [-0.3, -0.25) is 9.52 Å². The second kappa shape index (κ2) is 12.1. The molecule has 0 aliphatic rings. The van der Waals surface area contributed by atoms with Crippen LogP contribution in [0, 0.1) is 5.92 Å². The zero-order valence-electron chi connectivity index (χ0n) is 21.5. The van der Waals surface area contributed by atoms with Gasteiger partial charge in [-0.2, -0.15) is 0 Å². The van der Waals surface area contributed by atoms with Crippen molar-refractivity contribution in [2.45, 2.75) is 64.4 Å². The molecule has 7 nitrogen and oxygen atoms in total. The number of benzene rings is 2. The summed E-state index contributed by atoms with van der Waals surface area (Å²) >= 11 is 0. The van der Waals surface area contributed by atoms with Crippen molar-refractivity contribution >= 4 is 27.3 Å². The standard InChI is InChI=1S/C26H39N3O4S/c1-8-19(4)29(26(30)20(9-2)10-3)18-21-17-22(11-16-25(21)28(5)6)27-34(31,32)24-14-12-23(33-7)13-15-24/h11-17,19-20,27H,8-10,18H2,1-7H3. The lowest BCUT2D eigenvalue weighted by Crippen LogP contribution is -2.41. The molecule has 0 saturated carbocycles. The van der Waals surface area contributed by atoms with Crippen molar-refractivity contribution < 1.29 is 17.9 Å². The number of rotatable bonds is 12. The minimum atomic E-state index is -3.78. The Hall–Kier alpha value is -2.74. The van der Waals surface area contributed by atoms with E-state index in [0.717, 1.165) is 30.5 Å². The van der Waals surface area contributed by atoms with E-state index < -0.39 is 10.0 Å². The highest BCUT2D eigenvalue weighted by atomic mass is 32.2. The smallest absolute Gasteiger partial charge is 0.261 e. The third-order valence-electron chi connectivity index (χ3n) is 6.26. The fourth-order valence-electron chi connectivity index (χ4n) is 3.91. The fourth-order valence-corrected chi connectivity index (χ4v) is 4.96. The third-order valence-corrected chi connectivity index (χ3v) is 7.66. The van der Waals surface area contributed by atoms with Gasteiger partial charge in [0, 0.05) is 44.0 Å². The van der Waals surface area contributed by atoms with Gasteiger partial charge in [-0.1, -0.05) is 20.8 Å². The predicted molar refractivity (Wildman–Crippen MR) is 139 cm³/mol. The Bertz CT molecular complexity index is 1050. The van der Waals surface area contributed by atoms with Gasteiger partial charge < -0.3 is 14.5 Å². The van der Waals surface area contributed by atoms with Gasteiger partial charge in [0.15, 0.2) is 0 Å². The average Bonchev–Trinajstić information content (AvgIpc) is 2.82. The first kappa shape index (κ1) is 27.5. The number of hydrogen-bond donors (Lipinski definition) is 1. The van der Waals surface area contributed by atoms with Gasteiger partial charge in [-0.15, -0.1) is 0 Å². The van der Waals surface area contributed by atoms with Crippen LogP contribution in [0.4, 0.5) is 11.4 Å². The second-order valence-electron chi connectivity index (χ2n) is 8.76. The maximum Gasteiger partial charge on any atom is 0.261 e. The third kappa shape index (κ3) is 6.65. The van der Waals surface area contributed by atoms with E-state index in [0.29, 0.717) is 18.0 Å². The van der Waals surface area contributed by atoms with Crippen molar-refractivity contribution in [3.8, 4) is 5.75 Å². The van der Waals surface area contributed by atoms with E-state index in [-0.39, 0.29) is 22.8 Å². The van der Waals surface area contributed by atoms with Crippen molar-refractivity contribution in [2.75, 3.05) is 30.8 Å². The van der Waals surface area contributed by atoms with Crippen LogP contribution >= 0.6 is 0 Å². The number of nitrogens with one attached hydrogen (secondary N) is 1. The normalized spacial score (nSPS) is 12.4. The van der Waals surface area contributed by atoms with Gasteiger partial charge in [0.25, 0.3) is 10.0 Å². The Morgan fingerprint density at radius 3 is 2.12 bits per heavy atom. The molecule has 2 aromatic carbocycles. The van der Waals surface area contributed by atoms with E-state index in [1.54, 1.807) is 18.2 Å². The lowest BCUT2D eigenvalue weighted by atomic mass is 9.99. The Balaban J connectivity index is 2.42. The zero-order valence-corrected chi connectivity index (χ0v) is 22.3. The van der Waals surface area contributed by atoms with Crippen LogP contribution in [0.2, 0.25) is 0 Å². The quantitative estimate of drug-likeness (QED) is 0.447. The minimum Gasteiger partial charge on any atom is -0.497 e. The summed E-state index contributed by atoms with van der Waals surface area (Å²) in [6.07, 6.45) is 2.43. The molecule has 1 unspecified atom stereocenters. The molecule has 0 fully saturated rings. The molecule has 188 valence electrons. The number of amides is 1. The van der Waals surface area contributed by atoms with Crippen LogP contribution in [0.1, 0.15) is 52.5 Å². The largest absolute Gasteiger partial charge is 0.497 e. The summed E-state index contributed by atoms with van der Waals surface area (Å²) in [6, 6.07) is 11.8. The minimum absolute atomic E-state index is 0.0198. The van der Waals surface area contributed by atoms with Gasteiger partial charge >= 0.3 is 0 Å². The van der Waals surface area contributed by atoms with E-state index >= 15 is 0 Å². The summed E-state index contributed by atoms with van der Waals surface area (Å²) in [7, 11) is 1.64. The lowest BCUT2D eigenvalue weighted by Gasteiger charge is -2.33. The number of anilines is 2. The summed E-state index contributed by atoms with van der Waals surface area (Å²) in [4.78, 5) is 17.4. The Morgan fingerprint density at radius 1 is 1.00 bits per heavy atom. The number of carbonyl (C=O) groups excluding carboxylic acids is 1. The molecule has 34 heavy (non-hydrogen) atoms. The topological polar surface area (TPSA) is 79.0 Å². The SMILES string of the molecule is CCC(CC)C(=O)N(Cc1cc(NS(=O)(=O)c2ccc(OC)cc2)ccc1N(C)C)C(C)CC. The van der Waals surface area contributed by atoms with Crippen molar-refractivity contribution in [1.29, 1.82) is 0 Å². The zero-order chi connectivity index (χ0) is 25.5.